The second kappa shape index (κ2) is 7.17. The smallest absolute Gasteiger partial charge is 0.275 e. The summed E-state index contributed by atoms with van der Waals surface area (Å²) < 4.78 is 43.0. The highest BCUT2D eigenvalue weighted by atomic mass is 79.9. The number of para-hydroxylation sites is 1. The van der Waals surface area contributed by atoms with Gasteiger partial charge in [0, 0.05) is 8.95 Å². The molecule has 0 saturated heterocycles. The molecule has 0 aliphatic heterocycles. The minimum atomic E-state index is -4.06. The summed E-state index contributed by atoms with van der Waals surface area (Å²) in [5, 5.41) is 4.09. The molecule has 1 aromatic carbocycles. The van der Waals surface area contributed by atoms with Gasteiger partial charge in [-0.1, -0.05) is 6.07 Å². The van der Waals surface area contributed by atoms with Gasteiger partial charge in [0.05, 0.1) is 11.4 Å². The standard InChI is InChI=1S/C13H10Br2FN5O2S2/c1-24-10-5-7(6-16)17-12-18-13(19-21(10)12)25(22,23)20-11-8(14)3-2-4-9(11)15/h2-5,20H,6H2,1H3. The van der Waals surface area contributed by atoms with Gasteiger partial charge in [0.15, 0.2) is 0 Å². The number of nitrogens with one attached hydrogen (secondary N) is 1. The van der Waals surface area contributed by atoms with Crippen molar-refractivity contribution in [3.63, 3.8) is 0 Å². The highest BCUT2D eigenvalue weighted by Gasteiger charge is 2.24. The number of aromatic nitrogens is 4. The molecule has 3 aromatic rings. The number of anilines is 1. The zero-order valence-corrected chi connectivity index (χ0v) is 17.4. The van der Waals surface area contributed by atoms with Gasteiger partial charge in [-0.3, -0.25) is 4.72 Å². The Bertz CT molecular complexity index is 1040. The van der Waals surface area contributed by atoms with Crippen LogP contribution in [-0.2, 0) is 16.7 Å². The van der Waals surface area contributed by atoms with Crippen LogP contribution in [0.1, 0.15) is 5.69 Å². The van der Waals surface area contributed by atoms with Crippen molar-refractivity contribution < 1.29 is 12.8 Å². The van der Waals surface area contributed by atoms with Crippen LogP contribution in [0.4, 0.5) is 10.1 Å². The van der Waals surface area contributed by atoms with Gasteiger partial charge < -0.3 is 0 Å². The first-order valence-corrected chi connectivity index (χ1v) is 11.0. The number of thioether (sulfide) groups is 1. The normalized spacial score (nSPS) is 11.8. The van der Waals surface area contributed by atoms with Crippen molar-refractivity contribution in [3.05, 3.63) is 38.9 Å². The molecule has 25 heavy (non-hydrogen) atoms. The fourth-order valence-corrected chi connectivity index (χ4v) is 4.95. The number of sulfonamides is 1. The molecule has 2 aromatic heterocycles. The van der Waals surface area contributed by atoms with Gasteiger partial charge in [-0.15, -0.1) is 16.9 Å². The van der Waals surface area contributed by atoms with E-state index in [1.165, 1.54) is 22.3 Å². The summed E-state index contributed by atoms with van der Waals surface area (Å²) in [6.45, 7) is -0.777. The van der Waals surface area contributed by atoms with Crippen LogP contribution in [0, 0.1) is 0 Å². The molecule has 132 valence electrons. The van der Waals surface area contributed by atoms with Crippen LogP contribution in [0.3, 0.4) is 0 Å². The number of hydrogen-bond donors (Lipinski definition) is 1. The molecule has 7 nitrogen and oxygen atoms in total. The molecule has 0 fully saturated rings. The lowest BCUT2D eigenvalue weighted by atomic mass is 10.3. The summed E-state index contributed by atoms with van der Waals surface area (Å²) in [6, 6.07) is 6.64. The van der Waals surface area contributed by atoms with Crippen LogP contribution < -0.4 is 4.72 Å². The maximum Gasteiger partial charge on any atom is 0.299 e. The molecule has 0 bridgehead atoms. The first-order chi connectivity index (χ1) is 11.9. The highest BCUT2D eigenvalue weighted by Crippen LogP contribution is 2.32. The third-order valence-corrected chi connectivity index (χ3v) is 6.26. The highest BCUT2D eigenvalue weighted by molar-refractivity contribution is 9.11. The molecule has 1 N–H and O–H groups in total. The number of alkyl halides is 1. The monoisotopic (exact) mass is 509 g/mol. The van der Waals surface area contributed by atoms with Crippen LogP contribution in [0.5, 0.6) is 0 Å². The van der Waals surface area contributed by atoms with Gasteiger partial charge in [0.25, 0.3) is 21.0 Å². The van der Waals surface area contributed by atoms with Crippen molar-refractivity contribution in [2.75, 3.05) is 11.0 Å². The average Bonchev–Trinajstić information content (AvgIpc) is 3.02. The van der Waals surface area contributed by atoms with Gasteiger partial charge >= 0.3 is 0 Å². The van der Waals surface area contributed by atoms with E-state index in [1.807, 2.05) is 0 Å². The second-order valence-electron chi connectivity index (χ2n) is 4.73. The van der Waals surface area contributed by atoms with E-state index in [0.717, 1.165) is 0 Å². The third kappa shape index (κ3) is 3.66. The SMILES string of the molecule is CSc1cc(CF)nc2nc(S(=O)(=O)Nc3c(Br)cccc3Br)nn12. The molecule has 0 unspecified atom stereocenters. The van der Waals surface area contributed by atoms with E-state index in [9.17, 15) is 12.8 Å². The fraction of sp³-hybridized carbons (Fsp3) is 0.154. The molecule has 0 atom stereocenters. The Morgan fingerprint density at radius 3 is 2.56 bits per heavy atom. The van der Waals surface area contributed by atoms with Crippen molar-refractivity contribution >= 4 is 65.1 Å². The van der Waals surface area contributed by atoms with Gasteiger partial charge in [-0.05, 0) is 56.3 Å². The molecule has 2 heterocycles. The Morgan fingerprint density at radius 2 is 1.96 bits per heavy atom. The quantitative estimate of drug-likeness (QED) is 0.416. The van der Waals surface area contributed by atoms with Crippen molar-refractivity contribution in [2.45, 2.75) is 16.9 Å². The van der Waals surface area contributed by atoms with Crippen molar-refractivity contribution in [1.82, 2.24) is 19.6 Å². The molecule has 0 saturated carbocycles. The summed E-state index contributed by atoms with van der Waals surface area (Å²) in [4.78, 5) is 7.91. The number of fused-ring (bicyclic) bond motifs is 1. The van der Waals surface area contributed by atoms with Crippen LogP contribution in [0.2, 0.25) is 0 Å². The molecule has 0 aliphatic carbocycles. The summed E-state index contributed by atoms with van der Waals surface area (Å²) in [5.41, 5.74) is 0.485. The van der Waals surface area contributed by atoms with Gasteiger partial charge in [-0.25, -0.2) is 9.37 Å². The molecule has 12 heteroatoms. The lowest BCUT2D eigenvalue weighted by Crippen LogP contribution is -2.15. The fourth-order valence-electron chi connectivity index (χ4n) is 1.97. The molecular formula is C13H10Br2FN5O2S2. The van der Waals surface area contributed by atoms with E-state index in [2.05, 4.69) is 51.6 Å². The Morgan fingerprint density at radius 1 is 1.28 bits per heavy atom. The average molecular weight is 511 g/mol. The molecular weight excluding hydrogens is 501 g/mol. The third-order valence-electron chi connectivity index (χ3n) is 3.10. The summed E-state index contributed by atoms with van der Waals surface area (Å²) in [7, 11) is -4.06. The zero-order chi connectivity index (χ0) is 18.2. The van der Waals surface area contributed by atoms with Crippen LogP contribution in [-0.4, -0.2) is 34.3 Å². The van der Waals surface area contributed by atoms with Gasteiger partial charge in [0.1, 0.15) is 11.7 Å². The maximum absolute atomic E-state index is 12.9. The van der Waals surface area contributed by atoms with Crippen LogP contribution >= 0.6 is 43.6 Å². The number of nitrogens with zero attached hydrogens (tertiary/aromatic N) is 4. The minimum Gasteiger partial charge on any atom is -0.275 e. The Labute approximate surface area is 163 Å². The van der Waals surface area contributed by atoms with Crippen LogP contribution in [0.25, 0.3) is 5.78 Å². The topological polar surface area (TPSA) is 89.2 Å². The lowest BCUT2D eigenvalue weighted by molar-refractivity contribution is 0.474. The predicted molar refractivity (Wildman–Crippen MR) is 100 cm³/mol. The predicted octanol–water partition coefficient (Wildman–Crippen LogP) is 3.64. The van der Waals surface area contributed by atoms with Gasteiger partial charge in [0.2, 0.25) is 0 Å². The first-order valence-electron chi connectivity index (χ1n) is 6.69. The number of halogens is 3. The number of hydrogen-bond acceptors (Lipinski definition) is 6. The minimum absolute atomic E-state index is 0.0195. The summed E-state index contributed by atoms with van der Waals surface area (Å²) in [6.07, 6.45) is 1.77. The van der Waals surface area contributed by atoms with Crippen molar-refractivity contribution in [3.8, 4) is 0 Å². The molecule has 0 radical (unpaired) electrons. The molecule has 0 aliphatic rings. The molecule has 3 rings (SSSR count). The lowest BCUT2D eigenvalue weighted by Gasteiger charge is -2.09. The van der Waals surface area contributed by atoms with Crippen molar-refractivity contribution in [1.29, 1.82) is 0 Å². The largest absolute Gasteiger partial charge is 0.299 e. The molecule has 0 spiro atoms. The van der Waals surface area contributed by atoms with E-state index in [0.29, 0.717) is 19.7 Å². The van der Waals surface area contributed by atoms with E-state index in [4.69, 9.17) is 0 Å². The van der Waals surface area contributed by atoms with E-state index >= 15 is 0 Å². The molecule has 0 amide bonds. The number of rotatable bonds is 5. The van der Waals surface area contributed by atoms with Crippen molar-refractivity contribution in [2.24, 2.45) is 0 Å². The summed E-state index contributed by atoms with van der Waals surface area (Å²) in [5.74, 6) is 0.0195. The summed E-state index contributed by atoms with van der Waals surface area (Å²) >= 11 is 7.86. The Kier molecular flexibility index (Phi) is 5.32. The number of benzene rings is 1. The van der Waals surface area contributed by atoms with E-state index < -0.39 is 21.9 Å². The second-order valence-corrected chi connectivity index (χ2v) is 8.84. The van der Waals surface area contributed by atoms with E-state index in [1.54, 1.807) is 24.5 Å². The first kappa shape index (κ1) is 18.5. The van der Waals surface area contributed by atoms with Crippen LogP contribution in [0.15, 0.2) is 43.4 Å². The Hall–Kier alpha value is -1.24. The maximum atomic E-state index is 12.9. The Balaban J connectivity index is 2.09. The zero-order valence-electron chi connectivity index (χ0n) is 12.6. The van der Waals surface area contributed by atoms with Gasteiger partial charge in [-0.2, -0.15) is 17.9 Å². The van der Waals surface area contributed by atoms with E-state index in [-0.39, 0.29) is 11.5 Å².